The SMILES string of the molecule is CC(C)CC(=O)c1cccc2c1OCO2.CC(C)N1CC(N)C(F)C(F)C1.CC(C)N1CC(N)CC(c2ccccc2)C1.CC(C)N1CC(N)CCC1=O.CC(C)N1CCCC(N)(CC#N)C1.CC1CCN(C(C)C)CC1N.COC1CC(N)CN(C(C)C)C1.[C-]#[N+]c1ccc(C(=O)CC(C)C)cc1. The first kappa shape index (κ1) is 92.6. The molecular weight excluding hydrogens is 1310 g/mol. The third-order valence-electron chi connectivity index (χ3n) is 20.3. The Kier molecular flexibility index (Phi) is 42.1. The maximum atomic E-state index is 12.9. The lowest BCUT2D eigenvalue weighted by Gasteiger charge is -2.41. The minimum Gasteiger partial charge on any atom is -0.454 e. The van der Waals surface area contributed by atoms with Crippen LogP contribution in [-0.4, -0.2) is 223 Å². The van der Waals surface area contributed by atoms with E-state index in [1.165, 1.54) is 18.5 Å². The van der Waals surface area contributed by atoms with Crippen LogP contribution in [0.15, 0.2) is 72.8 Å². The molecule has 1 amide bonds. The molecular formula is C82H140F2N14O6. The standard InChI is InChI=1S/C14H22N2.C12H13NO.C12H14O3.C10H19N3.C9H20N2O.C9H20N2.C8H16F2N2.C8H16N2O/c1-11(2)16-9-13(8-14(15)10-16)12-6-4-3-5-7-12;1-9(2)8-12(14)10-4-6-11(13-3)7-5-10;1-8(2)6-10(13)9-4-3-5-11-12(9)15-7-14-11;1-9(2)13-7-3-4-10(12,8-13)5-6-11;1-7(2)11-5-8(10)4-9(6-11)12-3;1-7(2)11-5-4-8(3)9(10)6-11;1-5(2)12-3-6(9)8(10)7(11)4-12;1-6(2)10-5-7(9)3-4-8(10)11/h3-7,11,13-14H,8-10,15H2,1-2H3;4-7,9H,8H2,1-2H3;3-5,8H,6-7H2,1-2H3;9H,3-5,7-8,12H2,1-2H3;7-9H,4-6,10H2,1-3H3;7-9H,4-6,10H2,1-3H3;5-8H,3-4,11H2,1-2H3;6-7H,3-5,9H2,1-2H3. The van der Waals surface area contributed by atoms with Crippen LogP contribution in [0.2, 0.25) is 0 Å². The van der Waals surface area contributed by atoms with Crippen molar-refractivity contribution in [1.29, 1.82) is 5.26 Å². The number of nitrogens with zero attached hydrogens (tertiary/aromatic N) is 8. The topological polar surface area (TPSA) is 283 Å². The lowest BCUT2D eigenvalue weighted by atomic mass is 9.87. The van der Waals surface area contributed by atoms with Crippen LogP contribution in [-0.2, 0) is 9.53 Å². The molecule has 12 N–H and O–H groups in total. The van der Waals surface area contributed by atoms with Crippen molar-refractivity contribution in [1.82, 2.24) is 29.4 Å². The molecule has 6 saturated heterocycles. The number of hydrogen-bond donors (Lipinski definition) is 6. The third kappa shape index (κ3) is 33.3. The highest BCUT2D eigenvalue weighted by atomic mass is 19.2. The molecule has 7 aliphatic rings. The van der Waals surface area contributed by atoms with Crippen LogP contribution in [0.1, 0.15) is 214 Å². The molecule has 10 rings (SSSR count). The quantitative estimate of drug-likeness (QED) is 0.0609. The molecule has 0 spiro atoms. The van der Waals surface area contributed by atoms with E-state index in [1.54, 1.807) is 37.4 Å². The summed E-state index contributed by atoms with van der Waals surface area (Å²) in [6, 6.07) is 28.6. The van der Waals surface area contributed by atoms with Gasteiger partial charge in [-0.25, -0.2) is 13.6 Å². The van der Waals surface area contributed by atoms with Crippen molar-refractivity contribution in [3.63, 3.8) is 0 Å². The van der Waals surface area contributed by atoms with Gasteiger partial charge in [0.2, 0.25) is 12.7 Å². The molecule has 7 aliphatic heterocycles. The summed E-state index contributed by atoms with van der Waals surface area (Å²) < 4.78 is 41.7. The number of Topliss-reactive ketones (excluding diaryl/α,β-unsaturated/α-hetero) is 2. The molecule has 11 unspecified atom stereocenters. The fourth-order valence-electron chi connectivity index (χ4n) is 13.5. The van der Waals surface area contributed by atoms with E-state index in [1.807, 2.05) is 77.3 Å². The van der Waals surface area contributed by atoms with E-state index in [0.29, 0.717) is 133 Å². The Morgan fingerprint density at radius 1 is 0.635 bits per heavy atom. The van der Waals surface area contributed by atoms with Gasteiger partial charge in [-0.2, -0.15) is 5.26 Å². The summed E-state index contributed by atoms with van der Waals surface area (Å²) in [4.78, 5) is 51.4. The minimum absolute atomic E-state index is 0.118. The number of carbonyl (C=O) groups excluding carboxylic acids is 3. The second-order valence-electron chi connectivity index (χ2n) is 32.3. The smallest absolute Gasteiger partial charge is 0.231 e. The van der Waals surface area contributed by atoms with Crippen LogP contribution < -0.4 is 43.9 Å². The molecule has 0 aliphatic carbocycles. The highest BCUT2D eigenvalue weighted by Crippen LogP contribution is 2.36. The van der Waals surface area contributed by atoms with Gasteiger partial charge < -0.3 is 53.5 Å². The van der Waals surface area contributed by atoms with Gasteiger partial charge in [0.1, 0.15) is 12.3 Å². The zero-order valence-corrected chi connectivity index (χ0v) is 67.1. The zero-order valence-electron chi connectivity index (χ0n) is 67.1. The van der Waals surface area contributed by atoms with Gasteiger partial charge in [-0.05, 0) is 176 Å². The molecule has 0 saturated carbocycles. The van der Waals surface area contributed by atoms with Crippen molar-refractivity contribution in [3.8, 4) is 17.6 Å². The van der Waals surface area contributed by atoms with E-state index >= 15 is 0 Å². The lowest BCUT2D eigenvalue weighted by molar-refractivity contribution is -0.135. The Bertz CT molecular complexity index is 2980. The number of methoxy groups -OCH3 is 1. The maximum absolute atomic E-state index is 12.9. The van der Waals surface area contributed by atoms with Gasteiger partial charge in [0, 0.05) is 157 Å². The molecule has 3 aromatic carbocycles. The number of likely N-dealkylation sites (tertiary alicyclic amines) is 6. The average molecular weight is 1460 g/mol. The van der Waals surface area contributed by atoms with Crippen LogP contribution in [0.3, 0.4) is 0 Å². The number of nitriles is 1. The van der Waals surface area contributed by atoms with Crippen molar-refractivity contribution in [3.05, 3.63) is 101 Å². The molecule has 104 heavy (non-hydrogen) atoms. The molecule has 0 bridgehead atoms. The Labute approximate surface area is 627 Å². The van der Waals surface area contributed by atoms with Gasteiger partial charge in [-0.1, -0.05) is 95.3 Å². The number of halogens is 2. The molecule has 3 aromatic rings. The van der Waals surface area contributed by atoms with Gasteiger partial charge in [-0.3, -0.25) is 38.9 Å². The summed E-state index contributed by atoms with van der Waals surface area (Å²) in [5, 5.41) is 8.66. The molecule has 20 nitrogen and oxygen atoms in total. The first-order valence-electron chi connectivity index (χ1n) is 38.6. The van der Waals surface area contributed by atoms with E-state index < -0.39 is 18.4 Å². The monoisotopic (exact) mass is 1460 g/mol. The van der Waals surface area contributed by atoms with Crippen molar-refractivity contribution in [2.24, 2.45) is 52.2 Å². The van der Waals surface area contributed by atoms with Crippen LogP contribution in [0.25, 0.3) is 4.85 Å². The number of piperidine rings is 6. The van der Waals surface area contributed by atoms with Gasteiger partial charge >= 0.3 is 0 Å². The molecule has 6 fully saturated rings. The first-order chi connectivity index (χ1) is 48.9. The summed E-state index contributed by atoms with van der Waals surface area (Å²) in [6.45, 7) is 52.9. The van der Waals surface area contributed by atoms with E-state index in [9.17, 15) is 23.2 Å². The second-order valence-corrected chi connectivity index (χ2v) is 32.3. The van der Waals surface area contributed by atoms with Gasteiger partial charge in [-0.15, -0.1) is 0 Å². The Balaban J connectivity index is 0.000000310. The summed E-state index contributed by atoms with van der Waals surface area (Å²) in [5.74, 6) is 3.84. The largest absolute Gasteiger partial charge is 0.454 e. The van der Waals surface area contributed by atoms with E-state index in [-0.39, 0.29) is 54.5 Å². The molecule has 7 heterocycles. The Hall–Kier alpha value is -5.57. The summed E-state index contributed by atoms with van der Waals surface area (Å²) in [7, 11) is 1.77. The third-order valence-corrected chi connectivity index (χ3v) is 20.3. The highest BCUT2D eigenvalue weighted by molar-refractivity contribution is 5.99. The Morgan fingerprint density at radius 2 is 1.19 bits per heavy atom. The lowest BCUT2D eigenvalue weighted by Crippen LogP contribution is -2.57. The number of ether oxygens (including phenoxy) is 3. The predicted octanol–water partition coefficient (Wildman–Crippen LogP) is 12.0. The number of ketones is 2. The minimum atomic E-state index is -1.49. The number of nitrogens with two attached hydrogens (primary N) is 6. The molecule has 22 heteroatoms. The van der Waals surface area contributed by atoms with Crippen molar-refractivity contribution < 1.29 is 37.4 Å². The molecule has 0 aromatic heterocycles. The van der Waals surface area contributed by atoms with Crippen molar-refractivity contribution in [2.45, 2.75) is 278 Å². The van der Waals surface area contributed by atoms with Gasteiger partial charge in [0.25, 0.3) is 0 Å². The number of fused-ring (bicyclic) bond motifs is 1. The number of benzene rings is 3. The predicted molar refractivity (Wildman–Crippen MR) is 422 cm³/mol. The fourth-order valence-corrected chi connectivity index (χ4v) is 13.5. The summed E-state index contributed by atoms with van der Waals surface area (Å²) in [6.07, 6.45) is 5.98. The van der Waals surface area contributed by atoms with Crippen LogP contribution >= 0.6 is 0 Å². The number of hydrogen-bond acceptors (Lipinski definition) is 18. The van der Waals surface area contributed by atoms with E-state index in [0.717, 1.165) is 84.5 Å². The first-order valence-corrected chi connectivity index (χ1v) is 38.6. The molecule has 11 atom stereocenters. The van der Waals surface area contributed by atoms with Crippen molar-refractivity contribution >= 4 is 23.2 Å². The number of para-hydroxylation sites is 1. The van der Waals surface area contributed by atoms with Gasteiger partial charge in [0.05, 0.1) is 36.8 Å². The van der Waals surface area contributed by atoms with Crippen LogP contribution in [0, 0.1) is 35.7 Å². The highest BCUT2D eigenvalue weighted by Gasteiger charge is 2.37. The zero-order chi connectivity index (χ0) is 78.1. The normalized spacial score (nSPS) is 26.0. The number of rotatable bonds is 15. The fraction of sp³-hybridized carbons (Fsp3) is 0.720. The Morgan fingerprint density at radius 3 is 1.71 bits per heavy atom. The second kappa shape index (κ2) is 47.3. The van der Waals surface area contributed by atoms with E-state index in [2.05, 4.69) is 123 Å². The average Bonchev–Trinajstić information content (AvgIpc) is 1.65. The molecule has 588 valence electrons. The summed E-state index contributed by atoms with van der Waals surface area (Å²) in [5.41, 5.74) is 38.4. The number of amides is 1. The van der Waals surface area contributed by atoms with Gasteiger partial charge in [0.15, 0.2) is 28.8 Å². The van der Waals surface area contributed by atoms with Crippen molar-refractivity contribution in [2.75, 3.05) is 85.9 Å². The molecule has 0 radical (unpaired) electrons. The van der Waals surface area contributed by atoms with Crippen LogP contribution in [0.4, 0.5) is 14.5 Å². The van der Waals surface area contributed by atoms with E-state index in [4.69, 9.17) is 60.4 Å². The number of carbonyl (C=O) groups is 3. The maximum Gasteiger partial charge on any atom is 0.231 e. The number of alkyl halides is 2. The van der Waals surface area contributed by atoms with Crippen LogP contribution in [0.5, 0.6) is 11.5 Å². The summed E-state index contributed by atoms with van der Waals surface area (Å²) >= 11 is 0.